The largest absolute Gasteiger partial charge is 0.494 e. The molecule has 2 aromatic carbocycles. The minimum absolute atomic E-state index is 0.294. The van der Waals surface area contributed by atoms with Crippen LogP contribution in [0.25, 0.3) is 6.08 Å². The fraction of sp³-hybridized carbons (Fsp3) is 0.125. The smallest absolute Gasteiger partial charge is 0.199 e. The Hall–Kier alpha value is -2.07. The molecule has 0 aliphatic carbocycles. The van der Waals surface area contributed by atoms with E-state index < -0.39 is 9.84 Å². The van der Waals surface area contributed by atoms with E-state index in [1.807, 2.05) is 31.2 Å². The lowest BCUT2D eigenvalue weighted by Gasteiger charge is -2.02. The number of hydrogen-bond donors (Lipinski definition) is 0. The molecule has 2 rings (SSSR count). The van der Waals surface area contributed by atoms with Gasteiger partial charge in [0, 0.05) is 5.41 Å². The molecule has 0 unspecified atom stereocenters. The van der Waals surface area contributed by atoms with E-state index in [0.717, 1.165) is 11.3 Å². The first-order valence-corrected chi connectivity index (χ1v) is 7.87. The number of ether oxygens (including phenoxy) is 1. The van der Waals surface area contributed by atoms with Gasteiger partial charge >= 0.3 is 0 Å². The molecule has 0 N–H and O–H groups in total. The van der Waals surface area contributed by atoms with Crippen LogP contribution < -0.4 is 4.74 Å². The summed E-state index contributed by atoms with van der Waals surface area (Å²) in [5.41, 5.74) is 0.813. The summed E-state index contributed by atoms with van der Waals surface area (Å²) < 4.78 is 29.5. The highest BCUT2D eigenvalue weighted by atomic mass is 32.2. The molecule has 3 nitrogen and oxygen atoms in total. The summed E-state index contributed by atoms with van der Waals surface area (Å²) in [4.78, 5) is 0.294. The number of rotatable bonds is 5. The highest BCUT2D eigenvalue weighted by molar-refractivity contribution is 7.94. The highest BCUT2D eigenvalue weighted by Crippen LogP contribution is 2.16. The Morgan fingerprint density at radius 1 is 1.00 bits per heavy atom. The Labute approximate surface area is 119 Å². The molecule has 4 heteroatoms. The minimum atomic E-state index is -3.39. The van der Waals surface area contributed by atoms with Crippen molar-refractivity contribution in [1.82, 2.24) is 0 Å². The summed E-state index contributed by atoms with van der Waals surface area (Å²) in [5.74, 6) is 0.774. The SMILES string of the molecule is CCOc1ccc(C=CS(=O)(=O)c2ccccc2)cc1. The lowest BCUT2D eigenvalue weighted by Crippen LogP contribution is -1.95. The van der Waals surface area contributed by atoms with Crippen molar-refractivity contribution in [3.05, 3.63) is 65.6 Å². The van der Waals surface area contributed by atoms with Crippen LogP contribution in [0.15, 0.2) is 64.9 Å². The van der Waals surface area contributed by atoms with Crippen LogP contribution in [0.2, 0.25) is 0 Å². The molecule has 20 heavy (non-hydrogen) atoms. The second-order valence-corrected chi connectivity index (χ2v) is 6.00. The average molecular weight is 288 g/mol. The molecule has 0 radical (unpaired) electrons. The number of sulfone groups is 1. The van der Waals surface area contributed by atoms with Crippen LogP contribution in [0, 0.1) is 0 Å². The maximum atomic E-state index is 12.1. The third-order valence-electron chi connectivity index (χ3n) is 2.70. The molecule has 0 saturated heterocycles. The van der Waals surface area contributed by atoms with Crippen molar-refractivity contribution in [3.8, 4) is 5.75 Å². The maximum Gasteiger partial charge on any atom is 0.199 e. The first-order valence-electron chi connectivity index (χ1n) is 6.33. The average Bonchev–Trinajstić information content (AvgIpc) is 2.48. The molecule has 0 spiro atoms. The van der Waals surface area contributed by atoms with E-state index in [9.17, 15) is 8.42 Å². The van der Waals surface area contributed by atoms with E-state index in [-0.39, 0.29) is 0 Å². The van der Waals surface area contributed by atoms with Crippen LogP contribution in [0.5, 0.6) is 5.75 Å². The van der Waals surface area contributed by atoms with Gasteiger partial charge in [-0.05, 0) is 42.8 Å². The van der Waals surface area contributed by atoms with Crippen molar-refractivity contribution >= 4 is 15.9 Å². The van der Waals surface area contributed by atoms with E-state index >= 15 is 0 Å². The van der Waals surface area contributed by atoms with Gasteiger partial charge in [0.2, 0.25) is 0 Å². The van der Waals surface area contributed by atoms with Gasteiger partial charge in [0.25, 0.3) is 0 Å². The summed E-state index contributed by atoms with van der Waals surface area (Å²) in [6.07, 6.45) is 1.58. The van der Waals surface area contributed by atoms with Gasteiger partial charge in [-0.1, -0.05) is 30.3 Å². The first kappa shape index (κ1) is 14.3. The monoisotopic (exact) mass is 288 g/mol. The summed E-state index contributed by atoms with van der Waals surface area (Å²) in [7, 11) is -3.39. The third kappa shape index (κ3) is 3.71. The first-order chi connectivity index (χ1) is 9.62. The number of hydrogen-bond acceptors (Lipinski definition) is 3. The van der Waals surface area contributed by atoms with E-state index in [1.54, 1.807) is 36.4 Å². The fourth-order valence-electron chi connectivity index (χ4n) is 1.70. The maximum absolute atomic E-state index is 12.1. The molecule has 0 aliphatic heterocycles. The van der Waals surface area contributed by atoms with Crippen molar-refractivity contribution in [3.63, 3.8) is 0 Å². The Balaban J connectivity index is 2.16. The van der Waals surface area contributed by atoms with Crippen molar-refractivity contribution in [2.75, 3.05) is 6.61 Å². The van der Waals surface area contributed by atoms with Gasteiger partial charge in [-0.15, -0.1) is 0 Å². The van der Waals surface area contributed by atoms with E-state index in [1.165, 1.54) is 5.41 Å². The van der Waals surface area contributed by atoms with Crippen molar-refractivity contribution in [2.45, 2.75) is 11.8 Å². The van der Waals surface area contributed by atoms with Gasteiger partial charge in [0.1, 0.15) is 5.75 Å². The quantitative estimate of drug-likeness (QED) is 0.845. The van der Waals surface area contributed by atoms with Gasteiger partial charge in [-0.25, -0.2) is 8.42 Å². The topological polar surface area (TPSA) is 43.4 Å². The molecule has 0 aliphatic rings. The molecular formula is C16H16O3S. The normalized spacial score (nSPS) is 11.7. The predicted molar refractivity (Wildman–Crippen MR) is 80.3 cm³/mol. The van der Waals surface area contributed by atoms with Crippen LogP contribution in [0.1, 0.15) is 12.5 Å². The molecule has 0 atom stereocenters. The third-order valence-corrected chi connectivity index (χ3v) is 4.13. The van der Waals surface area contributed by atoms with Crippen LogP contribution in [-0.2, 0) is 9.84 Å². The minimum Gasteiger partial charge on any atom is -0.494 e. The standard InChI is InChI=1S/C16H16O3S/c1-2-19-15-10-8-14(9-11-15)12-13-20(17,18)16-6-4-3-5-7-16/h3-13H,2H2,1H3. The lowest BCUT2D eigenvalue weighted by atomic mass is 10.2. The van der Waals surface area contributed by atoms with Gasteiger partial charge in [0.05, 0.1) is 11.5 Å². The summed E-state index contributed by atoms with van der Waals surface area (Å²) >= 11 is 0. The van der Waals surface area contributed by atoms with Gasteiger partial charge in [-0.3, -0.25) is 0 Å². The Morgan fingerprint density at radius 2 is 1.65 bits per heavy atom. The summed E-state index contributed by atoms with van der Waals surface area (Å²) in [6.45, 7) is 2.53. The van der Waals surface area contributed by atoms with Gasteiger partial charge in [0.15, 0.2) is 9.84 Å². The zero-order chi connectivity index (χ0) is 14.4. The van der Waals surface area contributed by atoms with Crippen molar-refractivity contribution < 1.29 is 13.2 Å². The molecule has 0 heterocycles. The fourth-order valence-corrected chi connectivity index (χ4v) is 2.73. The van der Waals surface area contributed by atoms with Crippen LogP contribution in [-0.4, -0.2) is 15.0 Å². The molecule has 0 amide bonds. The number of benzene rings is 2. The molecule has 104 valence electrons. The predicted octanol–water partition coefficient (Wildman–Crippen LogP) is 3.53. The molecular weight excluding hydrogens is 272 g/mol. The summed E-state index contributed by atoms with van der Waals surface area (Å²) in [6, 6.07) is 15.6. The molecule has 0 fully saturated rings. The Morgan fingerprint density at radius 3 is 2.25 bits per heavy atom. The second-order valence-electron chi connectivity index (χ2n) is 4.16. The molecule has 0 bridgehead atoms. The Kier molecular flexibility index (Phi) is 4.58. The van der Waals surface area contributed by atoms with E-state index in [0.29, 0.717) is 11.5 Å². The van der Waals surface area contributed by atoms with Gasteiger partial charge in [-0.2, -0.15) is 0 Å². The van der Waals surface area contributed by atoms with Crippen LogP contribution in [0.3, 0.4) is 0 Å². The van der Waals surface area contributed by atoms with Gasteiger partial charge < -0.3 is 4.74 Å². The lowest BCUT2D eigenvalue weighted by molar-refractivity contribution is 0.340. The van der Waals surface area contributed by atoms with E-state index in [2.05, 4.69) is 0 Å². The second kappa shape index (κ2) is 6.39. The Bertz CT molecular complexity index is 671. The van der Waals surface area contributed by atoms with Crippen LogP contribution in [0.4, 0.5) is 0 Å². The van der Waals surface area contributed by atoms with Crippen LogP contribution >= 0.6 is 0 Å². The highest BCUT2D eigenvalue weighted by Gasteiger charge is 2.08. The zero-order valence-corrected chi connectivity index (χ0v) is 12.0. The summed E-state index contributed by atoms with van der Waals surface area (Å²) in [5, 5.41) is 1.22. The van der Waals surface area contributed by atoms with Crippen molar-refractivity contribution in [2.24, 2.45) is 0 Å². The molecule has 2 aromatic rings. The van der Waals surface area contributed by atoms with E-state index in [4.69, 9.17) is 4.74 Å². The van der Waals surface area contributed by atoms with Crippen molar-refractivity contribution in [1.29, 1.82) is 0 Å². The molecule has 0 saturated carbocycles. The molecule has 0 aromatic heterocycles. The zero-order valence-electron chi connectivity index (χ0n) is 11.2.